The minimum absolute atomic E-state index is 0.0869. The molecule has 1 N–H and O–H groups in total. The summed E-state index contributed by atoms with van der Waals surface area (Å²) in [4.78, 5) is 13.8. The topological polar surface area (TPSA) is 58.4 Å². The molecule has 25 heavy (non-hydrogen) atoms. The zero-order valence-electron chi connectivity index (χ0n) is 14.8. The molecule has 0 aliphatic heterocycles. The van der Waals surface area contributed by atoms with Crippen LogP contribution < -0.4 is 5.32 Å². The summed E-state index contributed by atoms with van der Waals surface area (Å²) in [5.74, 6) is 2.62. The van der Waals surface area contributed by atoms with Gasteiger partial charge in [0.1, 0.15) is 5.76 Å². The number of aromatic nitrogens is 1. The molecule has 0 bridgehead atoms. The lowest BCUT2D eigenvalue weighted by molar-refractivity contribution is 0.206. The van der Waals surface area contributed by atoms with Gasteiger partial charge in [0.25, 0.3) is 0 Å². The fourth-order valence-electron chi connectivity index (χ4n) is 2.34. The molecule has 0 fully saturated rings. The maximum absolute atomic E-state index is 12.1. The van der Waals surface area contributed by atoms with Crippen molar-refractivity contribution in [2.45, 2.75) is 32.6 Å². The molecule has 0 aliphatic rings. The number of amides is 2. The summed E-state index contributed by atoms with van der Waals surface area (Å²) < 4.78 is 5.13. The van der Waals surface area contributed by atoms with Gasteiger partial charge in [-0.3, -0.25) is 0 Å². The van der Waals surface area contributed by atoms with E-state index in [1.807, 2.05) is 49.9 Å². The van der Waals surface area contributed by atoms with Crippen molar-refractivity contribution in [2.24, 2.45) is 0 Å². The van der Waals surface area contributed by atoms with Gasteiger partial charge in [0, 0.05) is 29.9 Å². The third kappa shape index (κ3) is 5.97. The molecule has 2 aromatic rings. The summed E-state index contributed by atoms with van der Waals surface area (Å²) in [6.45, 7) is 4.89. The largest absolute Gasteiger partial charge is 0.361 e. The standard InChI is InChI=1S/C18H24ClN3O2S/c1-13-16(14(2)24-21-13)11-22(3)18(23)20-9-6-10-25-12-15-7-4-5-8-17(15)19/h4-5,7-8H,6,9-12H2,1-3H3,(H,20,23). The Bertz CT molecular complexity index is 686. The average Bonchev–Trinajstić information content (AvgIpc) is 2.91. The third-order valence-electron chi connectivity index (χ3n) is 3.88. The number of aryl methyl sites for hydroxylation is 2. The molecule has 0 aliphatic carbocycles. The summed E-state index contributed by atoms with van der Waals surface area (Å²) in [6.07, 6.45) is 0.917. The molecule has 2 amide bonds. The van der Waals surface area contributed by atoms with Crippen LogP contribution in [0.4, 0.5) is 4.79 Å². The highest BCUT2D eigenvalue weighted by atomic mass is 35.5. The van der Waals surface area contributed by atoms with Crippen LogP contribution in [-0.4, -0.2) is 35.4 Å². The first-order valence-electron chi connectivity index (χ1n) is 8.21. The van der Waals surface area contributed by atoms with Gasteiger partial charge in [-0.05, 0) is 37.7 Å². The highest BCUT2D eigenvalue weighted by Gasteiger charge is 2.14. The van der Waals surface area contributed by atoms with Crippen LogP contribution in [0.25, 0.3) is 0 Å². The number of nitrogens with one attached hydrogen (secondary N) is 1. The quantitative estimate of drug-likeness (QED) is 0.688. The molecule has 0 radical (unpaired) electrons. The van der Waals surface area contributed by atoms with Crippen LogP contribution in [0.15, 0.2) is 28.8 Å². The van der Waals surface area contributed by atoms with Gasteiger partial charge in [0.05, 0.1) is 12.2 Å². The van der Waals surface area contributed by atoms with Crippen molar-refractivity contribution in [2.75, 3.05) is 19.3 Å². The van der Waals surface area contributed by atoms with Gasteiger partial charge in [-0.2, -0.15) is 11.8 Å². The van der Waals surface area contributed by atoms with E-state index >= 15 is 0 Å². The number of carbonyl (C=O) groups excluding carboxylic acids is 1. The second kappa shape index (κ2) is 9.73. The van der Waals surface area contributed by atoms with Crippen molar-refractivity contribution in [3.63, 3.8) is 0 Å². The number of nitrogens with zero attached hydrogens (tertiary/aromatic N) is 2. The van der Waals surface area contributed by atoms with E-state index in [1.54, 1.807) is 11.9 Å². The molecule has 0 unspecified atom stereocenters. The molecule has 1 heterocycles. The summed E-state index contributed by atoms with van der Waals surface area (Å²) in [7, 11) is 1.77. The summed E-state index contributed by atoms with van der Waals surface area (Å²) in [5.41, 5.74) is 2.94. The average molecular weight is 382 g/mol. The highest BCUT2D eigenvalue weighted by molar-refractivity contribution is 7.98. The van der Waals surface area contributed by atoms with Crippen molar-refractivity contribution < 1.29 is 9.32 Å². The lowest BCUT2D eigenvalue weighted by Gasteiger charge is -2.17. The van der Waals surface area contributed by atoms with Crippen LogP contribution in [0.2, 0.25) is 5.02 Å². The van der Waals surface area contributed by atoms with E-state index < -0.39 is 0 Å². The number of rotatable bonds is 8. The first-order chi connectivity index (χ1) is 12.0. The zero-order chi connectivity index (χ0) is 18.2. The van der Waals surface area contributed by atoms with E-state index in [9.17, 15) is 4.79 Å². The van der Waals surface area contributed by atoms with Gasteiger partial charge >= 0.3 is 6.03 Å². The van der Waals surface area contributed by atoms with E-state index in [4.69, 9.17) is 16.1 Å². The van der Waals surface area contributed by atoms with Gasteiger partial charge in [-0.1, -0.05) is 35.0 Å². The maximum Gasteiger partial charge on any atom is 0.317 e. The molecular weight excluding hydrogens is 358 g/mol. The first-order valence-corrected chi connectivity index (χ1v) is 9.74. The van der Waals surface area contributed by atoms with E-state index in [0.717, 1.165) is 45.5 Å². The Kier molecular flexibility index (Phi) is 7.65. The predicted molar refractivity (Wildman–Crippen MR) is 103 cm³/mol. The Hall–Kier alpha value is -1.66. The number of hydrogen-bond acceptors (Lipinski definition) is 4. The Balaban J connectivity index is 1.63. The Morgan fingerprint density at radius 3 is 2.80 bits per heavy atom. The van der Waals surface area contributed by atoms with Crippen LogP contribution in [0.5, 0.6) is 0 Å². The molecule has 0 saturated carbocycles. The van der Waals surface area contributed by atoms with Crippen LogP contribution in [0.3, 0.4) is 0 Å². The van der Waals surface area contributed by atoms with Gasteiger partial charge in [0.15, 0.2) is 0 Å². The normalized spacial score (nSPS) is 10.7. The van der Waals surface area contributed by atoms with Crippen LogP contribution in [0.1, 0.15) is 29.0 Å². The van der Waals surface area contributed by atoms with Crippen molar-refractivity contribution in [1.29, 1.82) is 0 Å². The Labute approximate surface area is 158 Å². The van der Waals surface area contributed by atoms with Crippen molar-refractivity contribution in [3.05, 3.63) is 51.9 Å². The van der Waals surface area contributed by atoms with Crippen LogP contribution in [-0.2, 0) is 12.3 Å². The fourth-order valence-corrected chi connectivity index (χ4v) is 3.58. The SMILES string of the molecule is Cc1noc(C)c1CN(C)C(=O)NCCCSCc1ccccc1Cl. The molecule has 0 spiro atoms. The van der Waals surface area contributed by atoms with Crippen LogP contribution >= 0.6 is 23.4 Å². The number of carbonyl (C=O) groups is 1. The summed E-state index contributed by atoms with van der Waals surface area (Å²) >= 11 is 7.95. The van der Waals surface area contributed by atoms with Gasteiger partial charge in [0.2, 0.25) is 0 Å². The van der Waals surface area contributed by atoms with E-state index in [1.165, 1.54) is 0 Å². The molecule has 5 nitrogen and oxygen atoms in total. The van der Waals surface area contributed by atoms with E-state index in [-0.39, 0.29) is 6.03 Å². The minimum Gasteiger partial charge on any atom is -0.361 e. The molecule has 1 aromatic heterocycles. The van der Waals surface area contributed by atoms with E-state index in [0.29, 0.717) is 13.1 Å². The Morgan fingerprint density at radius 2 is 2.12 bits per heavy atom. The number of halogens is 1. The second-order valence-electron chi connectivity index (χ2n) is 5.89. The third-order valence-corrected chi connectivity index (χ3v) is 5.34. The zero-order valence-corrected chi connectivity index (χ0v) is 16.4. The first kappa shape index (κ1) is 19.7. The van der Waals surface area contributed by atoms with Crippen LogP contribution in [0, 0.1) is 13.8 Å². The molecule has 2 rings (SSSR count). The van der Waals surface area contributed by atoms with Crippen molar-refractivity contribution >= 4 is 29.4 Å². The van der Waals surface area contributed by atoms with Gasteiger partial charge in [-0.25, -0.2) is 4.79 Å². The summed E-state index contributed by atoms with van der Waals surface area (Å²) in [6, 6.07) is 7.80. The lowest BCUT2D eigenvalue weighted by Crippen LogP contribution is -2.37. The monoisotopic (exact) mass is 381 g/mol. The molecule has 1 aromatic carbocycles. The second-order valence-corrected chi connectivity index (χ2v) is 7.40. The van der Waals surface area contributed by atoms with E-state index in [2.05, 4.69) is 10.5 Å². The summed E-state index contributed by atoms with van der Waals surface area (Å²) in [5, 5.41) is 7.66. The fraction of sp³-hybridized carbons (Fsp3) is 0.444. The molecule has 136 valence electrons. The minimum atomic E-state index is -0.0869. The number of thioether (sulfide) groups is 1. The number of hydrogen-bond donors (Lipinski definition) is 1. The number of urea groups is 1. The Morgan fingerprint density at radius 1 is 1.36 bits per heavy atom. The molecular formula is C18H24ClN3O2S. The van der Waals surface area contributed by atoms with Gasteiger partial charge < -0.3 is 14.7 Å². The number of benzene rings is 1. The molecule has 7 heteroatoms. The predicted octanol–water partition coefficient (Wildman–Crippen LogP) is 4.41. The molecule has 0 atom stereocenters. The van der Waals surface area contributed by atoms with Gasteiger partial charge in [-0.15, -0.1) is 0 Å². The smallest absolute Gasteiger partial charge is 0.317 e. The highest BCUT2D eigenvalue weighted by Crippen LogP contribution is 2.21. The lowest BCUT2D eigenvalue weighted by atomic mass is 10.2. The van der Waals surface area contributed by atoms with Crippen molar-refractivity contribution in [3.8, 4) is 0 Å². The maximum atomic E-state index is 12.1. The van der Waals surface area contributed by atoms with Crippen molar-refractivity contribution in [1.82, 2.24) is 15.4 Å². The molecule has 0 saturated heterocycles.